The molecule has 0 aromatic rings. The van der Waals surface area contributed by atoms with Crippen molar-refractivity contribution in [3.05, 3.63) is 0 Å². The number of fused-ring (bicyclic) bond motifs is 1. The van der Waals surface area contributed by atoms with E-state index in [9.17, 15) is 8.42 Å². The van der Waals surface area contributed by atoms with Crippen LogP contribution in [0.5, 0.6) is 0 Å². The van der Waals surface area contributed by atoms with Crippen molar-refractivity contribution >= 4 is 10.0 Å². The van der Waals surface area contributed by atoms with E-state index < -0.39 is 10.0 Å². The molecule has 0 aromatic heterocycles. The van der Waals surface area contributed by atoms with Crippen LogP contribution in [0.2, 0.25) is 0 Å². The number of nitrogens with zero attached hydrogens (tertiary/aromatic N) is 2. The first-order chi connectivity index (χ1) is 6.01. The quantitative estimate of drug-likeness (QED) is 0.538. The van der Waals surface area contributed by atoms with Gasteiger partial charge in [0.05, 0.1) is 5.25 Å². The normalized spacial score (nSPS) is 40.5. The summed E-state index contributed by atoms with van der Waals surface area (Å²) >= 11 is 0. The Kier molecular flexibility index (Phi) is 2.13. The van der Waals surface area contributed by atoms with E-state index in [1.54, 1.807) is 7.05 Å². The molecule has 0 saturated carbocycles. The van der Waals surface area contributed by atoms with Crippen LogP contribution < -0.4 is 0 Å². The summed E-state index contributed by atoms with van der Waals surface area (Å²) in [6, 6.07) is 0. The molecule has 76 valence electrons. The maximum absolute atomic E-state index is 11.8. The highest BCUT2D eigenvalue weighted by Crippen LogP contribution is 2.31. The lowest BCUT2D eigenvalue weighted by atomic mass is 9.97. The summed E-state index contributed by atoms with van der Waals surface area (Å²) in [5.74, 6) is 0.367. The highest BCUT2D eigenvalue weighted by Gasteiger charge is 2.46. The van der Waals surface area contributed by atoms with Gasteiger partial charge in [0.25, 0.3) is 0 Å². The molecule has 0 radical (unpaired) electrons. The van der Waals surface area contributed by atoms with E-state index in [0.717, 1.165) is 19.5 Å². The lowest BCUT2D eigenvalue weighted by Gasteiger charge is -2.30. The summed E-state index contributed by atoms with van der Waals surface area (Å²) in [5.41, 5.74) is 0. The monoisotopic (exact) mass is 204 g/mol. The third kappa shape index (κ3) is 1.39. The maximum atomic E-state index is 11.8. The van der Waals surface area contributed by atoms with Crippen molar-refractivity contribution in [1.29, 1.82) is 0 Å². The molecule has 2 atom stereocenters. The van der Waals surface area contributed by atoms with Crippen LogP contribution in [0.25, 0.3) is 0 Å². The Labute approximate surface area is 79.6 Å². The van der Waals surface area contributed by atoms with Gasteiger partial charge in [-0.25, -0.2) is 12.7 Å². The molecule has 2 aliphatic rings. The smallest absolute Gasteiger partial charge is 0.218 e. The van der Waals surface area contributed by atoms with Crippen molar-refractivity contribution in [2.75, 3.05) is 33.7 Å². The highest BCUT2D eigenvalue weighted by molar-refractivity contribution is 7.90. The second kappa shape index (κ2) is 2.93. The first-order valence-electron chi connectivity index (χ1n) is 4.65. The molecule has 5 heteroatoms. The molecule has 2 aliphatic heterocycles. The third-order valence-corrected chi connectivity index (χ3v) is 5.52. The molecule has 4 nitrogen and oxygen atoms in total. The van der Waals surface area contributed by atoms with Crippen LogP contribution in [0.1, 0.15) is 6.42 Å². The van der Waals surface area contributed by atoms with Gasteiger partial charge in [-0.2, -0.15) is 0 Å². The van der Waals surface area contributed by atoms with Crippen LogP contribution >= 0.6 is 0 Å². The van der Waals surface area contributed by atoms with Crippen molar-refractivity contribution in [1.82, 2.24) is 9.21 Å². The molecule has 0 bridgehead atoms. The average Bonchev–Trinajstić information content (AvgIpc) is 2.27. The molecule has 2 unspecified atom stereocenters. The molecule has 0 N–H and O–H groups in total. The van der Waals surface area contributed by atoms with Gasteiger partial charge in [0.2, 0.25) is 10.0 Å². The van der Waals surface area contributed by atoms with Gasteiger partial charge in [-0.1, -0.05) is 0 Å². The molecule has 0 amide bonds. The van der Waals surface area contributed by atoms with Gasteiger partial charge in [0, 0.05) is 20.1 Å². The zero-order valence-corrected chi connectivity index (χ0v) is 8.92. The molecule has 0 aliphatic carbocycles. The van der Waals surface area contributed by atoms with Crippen LogP contribution in [0.15, 0.2) is 0 Å². The molecule has 2 rings (SSSR count). The molecule has 2 fully saturated rings. The average molecular weight is 204 g/mol. The number of hydrogen-bond donors (Lipinski definition) is 0. The second-order valence-electron chi connectivity index (χ2n) is 4.17. The van der Waals surface area contributed by atoms with E-state index in [1.165, 1.54) is 4.31 Å². The summed E-state index contributed by atoms with van der Waals surface area (Å²) in [5, 5.41) is -0.142. The predicted molar refractivity (Wildman–Crippen MR) is 50.9 cm³/mol. The van der Waals surface area contributed by atoms with Gasteiger partial charge in [-0.3, -0.25) is 0 Å². The largest absolute Gasteiger partial charge is 0.305 e. The molecular weight excluding hydrogens is 188 g/mol. The van der Waals surface area contributed by atoms with Crippen molar-refractivity contribution in [3.63, 3.8) is 0 Å². The minimum absolute atomic E-state index is 0.142. The zero-order valence-electron chi connectivity index (χ0n) is 8.10. The standard InChI is InChI=1S/C8H16N2O2S/c1-9-4-3-7-5-10(2)13(11,12)8(7)6-9/h7-8H,3-6H2,1-2H3. The number of sulfonamides is 1. The fourth-order valence-corrected chi connectivity index (χ4v) is 4.34. The van der Waals surface area contributed by atoms with E-state index in [1.807, 2.05) is 7.05 Å². The molecule has 0 spiro atoms. The molecule has 2 heterocycles. The van der Waals surface area contributed by atoms with Crippen molar-refractivity contribution in [3.8, 4) is 0 Å². The first-order valence-corrected chi connectivity index (χ1v) is 6.16. The Bertz CT molecular complexity index is 301. The second-order valence-corrected chi connectivity index (χ2v) is 6.43. The summed E-state index contributed by atoms with van der Waals surface area (Å²) in [6.45, 7) is 2.46. The summed E-state index contributed by atoms with van der Waals surface area (Å²) in [6.07, 6.45) is 1.02. The van der Waals surface area contributed by atoms with E-state index in [2.05, 4.69) is 4.90 Å². The lowest BCUT2D eigenvalue weighted by molar-refractivity contribution is 0.228. The fraction of sp³-hybridized carbons (Fsp3) is 1.00. The molecule has 13 heavy (non-hydrogen) atoms. The number of piperidine rings is 1. The molecular formula is C8H16N2O2S. The van der Waals surface area contributed by atoms with E-state index in [-0.39, 0.29) is 5.25 Å². The number of hydrogen-bond acceptors (Lipinski definition) is 3. The minimum Gasteiger partial charge on any atom is -0.305 e. The Balaban J connectivity index is 2.26. The number of rotatable bonds is 0. The highest BCUT2D eigenvalue weighted by atomic mass is 32.2. The van der Waals surface area contributed by atoms with Crippen molar-refractivity contribution in [2.24, 2.45) is 5.92 Å². The molecule has 0 aromatic carbocycles. The van der Waals surface area contributed by atoms with Crippen LogP contribution in [0, 0.1) is 5.92 Å². The summed E-state index contributed by atoms with van der Waals surface area (Å²) in [4.78, 5) is 2.11. The topological polar surface area (TPSA) is 40.6 Å². The summed E-state index contributed by atoms with van der Waals surface area (Å²) < 4.78 is 25.1. The fourth-order valence-electron chi connectivity index (χ4n) is 2.33. The zero-order chi connectivity index (χ0) is 9.64. The van der Waals surface area contributed by atoms with Gasteiger partial charge in [0.1, 0.15) is 0 Å². The van der Waals surface area contributed by atoms with Crippen LogP contribution in [0.3, 0.4) is 0 Å². The van der Waals surface area contributed by atoms with Crippen LogP contribution in [-0.4, -0.2) is 56.6 Å². The van der Waals surface area contributed by atoms with Crippen molar-refractivity contribution in [2.45, 2.75) is 11.7 Å². The van der Waals surface area contributed by atoms with Gasteiger partial charge in [-0.05, 0) is 25.9 Å². The van der Waals surface area contributed by atoms with Crippen LogP contribution in [0.4, 0.5) is 0 Å². The minimum atomic E-state index is -2.97. The van der Waals surface area contributed by atoms with Gasteiger partial charge in [0.15, 0.2) is 0 Å². The van der Waals surface area contributed by atoms with Crippen molar-refractivity contribution < 1.29 is 8.42 Å². The Morgan fingerprint density at radius 3 is 2.62 bits per heavy atom. The van der Waals surface area contributed by atoms with Gasteiger partial charge < -0.3 is 4.90 Å². The Morgan fingerprint density at radius 1 is 1.23 bits per heavy atom. The third-order valence-electron chi connectivity index (χ3n) is 3.21. The van der Waals surface area contributed by atoms with Gasteiger partial charge >= 0.3 is 0 Å². The van der Waals surface area contributed by atoms with Crippen LogP contribution in [-0.2, 0) is 10.0 Å². The predicted octanol–water partition coefficient (Wildman–Crippen LogP) is -0.418. The number of likely N-dealkylation sites (tertiary alicyclic amines) is 1. The lowest BCUT2D eigenvalue weighted by Crippen LogP contribution is -2.43. The maximum Gasteiger partial charge on any atom is 0.218 e. The van der Waals surface area contributed by atoms with Gasteiger partial charge in [-0.15, -0.1) is 0 Å². The van der Waals surface area contributed by atoms with E-state index >= 15 is 0 Å². The van der Waals surface area contributed by atoms with E-state index in [0.29, 0.717) is 12.5 Å². The SMILES string of the molecule is CN1CCC2CN(C)S(=O)(=O)C2C1. The molecule has 2 saturated heterocycles. The van der Waals surface area contributed by atoms with E-state index in [4.69, 9.17) is 0 Å². The Morgan fingerprint density at radius 2 is 1.92 bits per heavy atom. The first kappa shape index (κ1) is 9.43. The Hall–Kier alpha value is -0.130. The summed E-state index contributed by atoms with van der Waals surface area (Å²) in [7, 11) is 0.711.